The van der Waals surface area contributed by atoms with Gasteiger partial charge in [-0.1, -0.05) is 47.7 Å². The van der Waals surface area contributed by atoms with Crippen LogP contribution in [0.15, 0.2) is 81.2 Å². The Balaban J connectivity index is 1.07. The first kappa shape index (κ1) is 31.1. The maximum absolute atomic E-state index is 13.5. The monoisotopic (exact) mass is 663 g/mol. The number of aryl methyl sites for hydroxylation is 1. The molecule has 2 amide bonds. The second-order valence-corrected chi connectivity index (χ2v) is 14.8. The molecule has 1 saturated heterocycles. The van der Waals surface area contributed by atoms with Crippen LogP contribution in [-0.4, -0.2) is 68.9 Å². The Morgan fingerprint density at radius 3 is 2.44 bits per heavy atom. The number of hydrazone groups is 1. The molecule has 2 aliphatic rings. The average Bonchev–Trinajstić information content (AvgIpc) is 3.87. The molecular weight excluding hydrogens is 631 g/mol. The van der Waals surface area contributed by atoms with E-state index >= 15 is 0 Å². The maximum Gasteiger partial charge on any atom is 0.253 e. The number of thiophene rings is 1. The lowest BCUT2D eigenvalue weighted by Gasteiger charge is -2.22. The lowest BCUT2D eigenvalue weighted by molar-refractivity contribution is -0.130. The number of benzene rings is 2. The van der Waals surface area contributed by atoms with E-state index in [1.54, 1.807) is 28.0 Å². The van der Waals surface area contributed by atoms with Gasteiger partial charge in [-0.2, -0.15) is 9.41 Å². The van der Waals surface area contributed by atoms with Gasteiger partial charge in [0.25, 0.3) is 11.8 Å². The molecule has 2 aliphatic heterocycles. The summed E-state index contributed by atoms with van der Waals surface area (Å²) in [6, 6.07) is 18.0. The molecule has 0 aliphatic carbocycles. The molecule has 14 heteroatoms. The first-order valence-electron chi connectivity index (χ1n) is 14.6. The van der Waals surface area contributed by atoms with Crippen molar-refractivity contribution < 1.29 is 18.0 Å². The van der Waals surface area contributed by atoms with Gasteiger partial charge in [-0.25, -0.2) is 13.4 Å². The van der Waals surface area contributed by atoms with Crippen LogP contribution < -0.4 is 5.32 Å². The van der Waals surface area contributed by atoms with E-state index < -0.39 is 10.0 Å². The largest absolute Gasteiger partial charge is 0.345 e. The minimum Gasteiger partial charge on any atom is -0.345 e. The molecule has 1 N–H and O–H groups in total. The molecule has 4 heterocycles. The Morgan fingerprint density at radius 2 is 1.76 bits per heavy atom. The van der Waals surface area contributed by atoms with Crippen LogP contribution >= 0.6 is 23.1 Å². The van der Waals surface area contributed by atoms with Crippen LogP contribution in [0, 0.1) is 6.92 Å². The number of amides is 2. The standard InChI is InChI=1S/C31H33N7O4S3/c1-21-7-9-22(10-8-21)26-18-25(27-6-5-17-43-27)35-38(26)29(39)20-44-31-34-33-28(36(31)2)19-32-30(40)23-11-13-24(14-12-23)45(41,42)37-15-3-4-16-37/h5-14,17,26H,3-4,15-16,18-20H2,1-2H3,(H,32,40). The van der Waals surface area contributed by atoms with Crippen LogP contribution in [0.2, 0.25) is 0 Å². The number of hydrogen-bond acceptors (Lipinski definition) is 9. The molecule has 1 atom stereocenters. The van der Waals surface area contributed by atoms with Gasteiger partial charge >= 0.3 is 0 Å². The van der Waals surface area contributed by atoms with Crippen molar-refractivity contribution in [1.82, 2.24) is 29.4 Å². The molecule has 6 rings (SSSR count). The van der Waals surface area contributed by atoms with Crippen molar-refractivity contribution >= 4 is 50.6 Å². The van der Waals surface area contributed by atoms with Crippen molar-refractivity contribution in [3.8, 4) is 0 Å². The Morgan fingerprint density at radius 1 is 1.02 bits per heavy atom. The summed E-state index contributed by atoms with van der Waals surface area (Å²) in [5.41, 5.74) is 3.43. The van der Waals surface area contributed by atoms with Gasteiger partial charge in [0.1, 0.15) is 0 Å². The third-order valence-corrected chi connectivity index (χ3v) is 11.7. The molecule has 4 aromatic rings. The lowest BCUT2D eigenvalue weighted by Crippen LogP contribution is -2.28. The molecular formula is C31H33N7O4S3. The molecule has 11 nitrogen and oxygen atoms in total. The van der Waals surface area contributed by atoms with Crippen molar-refractivity contribution in [2.24, 2.45) is 12.1 Å². The van der Waals surface area contributed by atoms with E-state index in [1.807, 2.05) is 36.6 Å². The van der Waals surface area contributed by atoms with Gasteiger partial charge in [-0.3, -0.25) is 9.59 Å². The van der Waals surface area contributed by atoms with Gasteiger partial charge in [0.05, 0.1) is 33.8 Å². The van der Waals surface area contributed by atoms with Crippen LogP contribution in [-0.2, 0) is 28.4 Å². The summed E-state index contributed by atoms with van der Waals surface area (Å²) in [5, 5.41) is 20.1. The SMILES string of the molecule is Cc1ccc(C2CC(c3cccs3)=NN2C(=O)CSc2nnc(CNC(=O)c3ccc(S(=O)(=O)N4CCCC4)cc3)n2C)cc1. The smallest absolute Gasteiger partial charge is 0.253 e. The predicted octanol–water partition coefficient (Wildman–Crippen LogP) is 4.37. The summed E-state index contributed by atoms with van der Waals surface area (Å²) in [4.78, 5) is 27.5. The zero-order chi connectivity index (χ0) is 31.6. The summed E-state index contributed by atoms with van der Waals surface area (Å²) >= 11 is 2.87. The Labute approximate surface area is 270 Å². The van der Waals surface area contributed by atoms with Gasteiger partial charge in [0, 0.05) is 32.1 Å². The van der Waals surface area contributed by atoms with Gasteiger partial charge in [0.15, 0.2) is 11.0 Å². The van der Waals surface area contributed by atoms with E-state index in [-0.39, 0.29) is 35.0 Å². The van der Waals surface area contributed by atoms with Crippen molar-refractivity contribution in [2.45, 2.75) is 48.8 Å². The number of sulfonamides is 1. The van der Waals surface area contributed by atoms with E-state index in [9.17, 15) is 18.0 Å². The maximum atomic E-state index is 13.5. The van der Waals surface area contributed by atoms with E-state index in [1.165, 1.54) is 40.3 Å². The molecule has 0 spiro atoms. The fraction of sp³-hybridized carbons (Fsp3) is 0.323. The third-order valence-electron chi connectivity index (χ3n) is 7.91. The second-order valence-electron chi connectivity index (χ2n) is 11.0. The van der Waals surface area contributed by atoms with Crippen molar-refractivity contribution in [2.75, 3.05) is 18.8 Å². The number of hydrogen-bond donors (Lipinski definition) is 1. The number of carbonyl (C=O) groups excluding carboxylic acids is 2. The summed E-state index contributed by atoms with van der Waals surface area (Å²) < 4.78 is 28.8. The van der Waals surface area contributed by atoms with Crippen LogP contribution in [0.5, 0.6) is 0 Å². The molecule has 2 aromatic heterocycles. The highest BCUT2D eigenvalue weighted by Crippen LogP contribution is 2.34. The molecule has 1 unspecified atom stereocenters. The van der Waals surface area contributed by atoms with Gasteiger partial charge in [-0.15, -0.1) is 21.5 Å². The highest BCUT2D eigenvalue weighted by Gasteiger charge is 2.33. The van der Waals surface area contributed by atoms with Crippen molar-refractivity contribution in [3.05, 3.63) is 93.4 Å². The van der Waals surface area contributed by atoms with Gasteiger partial charge in [0.2, 0.25) is 10.0 Å². The fourth-order valence-electron chi connectivity index (χ4n) is 5.31. The van der Waals surface area contributed by atoms with Crippen molar-refractivity contribution in [3.63, 3.8) is 0 Å². The number of carbonyl (C=O) groups is 2. The van der Waals surface area contributed by atoms with E-state index in [0.717, 1.165) is 34.6 Å². The summed E-state index contributed by atoms with van der Waals surface area (Å²) in [6.45, 7) is 3.19. The lowest BCUT2D eigenvalue weighted by atomic mass is 10.00. The first-order valence-corrected chi connectivity index (χ1v) is 17.9. The van der Waals surface area contributed by atoms with Crippen LogP contribution in [0.3, 0.4) is 0 Å². The van der Waals surface area contributed by atoms with Crippen LogP contribution in [0.25, 0.3) is 0 Å². The third kappa shape index (κ3) is 6.73. The number of nitrogens with one attached hydrogen (secondary N) is 1. The summed E-state index contributed by atoms with van der Waals surface area (Å²) in [7, 11) is -1.76. The van der Waals surface area contributed by atoms with Crippen LogP contribution in [0.4, 0.5) is 0 Å². The summed E-state index contributed by atoms with van der Waals surface area (Å²) in [5.74, 6) is 0.144. The number of aromatic nitrogens is 3. The number of nitrogens with zero attached hydrogens (tertiary/aromatic N) is 6. The fourth-order valence-corrected chi connectivity index (χ4v) is 8.33. The van der Waals surface area contributed by atoms with Gasteiger partial charge in [-0.05, 0) is 61.0 Å². The minimum absolute atomic E-state index is 0.112. The molecule has 0 radical (unpaired) electrons. The van der Waals surface area contributed by atoms with Crippen molar-refractivity contribution in [1.29, 1.82) is 0 Å². The average molecular weight is 664 g/mol. The molecule has 0 saturated carbocycles. The topological polar surface area (TPSA) is 130 Å². The van der Waals surface area contributed by atoms with Crippen LogP contribution in [0.1, 0.15) is 57.5 Å². The Hall–Kier alpha value is -3.85. The number of thioether (sulfide) groups is 1. The van der Waals surface area contributed by atoms with Gasteiger partial charge < -0.3 is 9.88 Å². The zero-order valence-electron chi connectivity index (χ0n) is 24.9. The molecule has 45 heavy (non-hydrogen) atoms. The molecule has 1 fully saturated rings. The second kappa shape index (κ2) is 13.3. The molecule has 0 bridgehead atoms. The minimum atomic E-state index is -3.54. The number of rotatable bonds is 10. The Bertz CT molecular complexity index is 1810. The quantitative estimate of drug-likeness (QED) is 0.250. The van der Waals surface area contributed by atoms with E-state index in [2.05, 4.69) is 27.6 Å². The van der Waals surface area contributed by atoms with E-state index in [0.29, 0.717) is 36.1 Å². The highest BCUT2D eigenvalue weighted by atomic mass is 32.2. The zero-order valence-corrected chi connectivity index (χ0v) is 27.4. The normalized spacial score (nSPS) is 17.1. The highest BCUT2D eigenvalue weighted by molar-refractivity contribution is 7.99. The van der Waals surface area contributed by atoms with E-state index in [4.69, 9.17) is 5.10 Å². The summed E-state index contributed by atoms with van der Waals surface area (Å²) in [6.07, 6.45) is 2.36. The predicted molar refractivity (Wildman–Crippen MR) is 174 cm³/mol. The Kier molecular flexibility index (Phi) is 9.17. The molecule has 2 aromatic carbocycles. The molecule has 234 valence electrons. The first-order chi connectivity index (χ1) is 21.7.